The molecule has 0 amide bonds. The quantitative estimate of drug-likeness (QED) is 0.528. The van der Waals surface area contributed by atoms with Gasteiger partial charge >= 0.3 is 0 Å². The summed E-state index contributed by atoms with van der Waals surface area (Å²) in [5.41, 5.74) is -0.202. The molecular formula is C11H14O2. The van der Waals surface area contributed by atoms with E-state index in [9.17, 15) is 4.79 Å². The second-order valence-corrected chi connectivity index (χ2v) is 4.69. The molecule has 3 rings (SSSR count). The Morgan fingerprint density at radius 3 is 3.23 bits per heavy atom. The molecule has 0 spiro atoms. The molecule has 0 aromatic heterocycles. The van der Waals surface area contributed by atoms with Gasteiger partial charge in [0.25, 0.3) is 0 Å². The Kier molecular flexibility index (Phi) is 1.33. The van der Waals surface area contributed by atoms with E-state index < -0.39 is 0 Å². The first-order valence-electron chi connectivity index (χ1n) is 5.10. The number of rotatable bonds is 0. The average molecular weight is 178 g/mol. The van der Waals surface area contributed by atoms with E-state index in [-0.39, 0.29) is 23.5 Å². The minimum absolute atomic E-state index is 0.0709. The standard InChI is InChI=1S/C11H14O2/c1-11-6-2-3-7(10(11)12)8-4-5-9(11)13-8/h4-5,7-9H,2-3,6H2,1H3. The molecule has 2 aliphatic heterocycles. The summed E-state index contributed by atoms with van der Waals surface area (Å²) in [7, 11) is 0. The second-order valence-electron chi connectivity index (χ2n) is 4.69. The predicted octanol–water partition coefficient (Wildman–Crippen LogP) is 1.70. The van der Waals surface area contributed by atoms with Crippen LogP contribution in [0, 0.1) is 11.3 Å². The molecule has 2 heteroatoms. The zero-order valence-electron chi connectivity index (χ0n) is 7.82. The molecule has 13 heavy (non-hydrogen) atoms. The number of hydrogen-bond acceptors (Lipinski definition) is 2. The van der Waals surface area contributed by atoms with Gasteiger partial charge in [0.2, 0.25) is 0 Å². The maximum atomic E-state index is 12.1. The molecule has 1 aliphatic carbocycles. The van der Waals surface area contributed by atoms with Crippen LogP contribution in [0.3, 0.4) is 0 Å². The summed E-state index contributed by atoms with van der Waals surface area (Å²) in [6.07, 6.45) is 7.57. The van der Waals surface area contributed by atoms with Crippen molar-refractivity contribution in [2.45, 2.75) is 38.4 Å². The molecule has 0 N–H and O–H groups in total. The predicted molar refractivity (Wildman–Crippen MR) is 48.3 cm³/mol. The van der Waals surface area contributed by atoms with Crippen LogP contribution in [0.25, 0.3) is 0 Å². The van der Waals surface area contributed by atoms with Crippen LogP contribution in [0.15, 0.2) is 12.2 Å². The summed E-state index contributed by atoms with van der Waals surface area (Å²) >= 11 is 0. The minimum atomic E-state index is -0.202. The van der Waals surface area contributed by atoms with Gasteiger partial charge in [-0.1, -0.05) is 18.6 Å². The lowest BCUT2D eigenvalue weighted by Crippen LogP contribution is -2.53. The van der Waals surface area contributed by atoms with Gasteiger partial charge in [0, 0.05) is 5.92 Å². The van der Waals surface area contributed by atoms with Gasteiger partial charge in [0.15, 0.2) is 0 Å². The lowest BCUT2D eigenvalue weighted by Gasteiger charge is -2.45. The average Bonchev–Trinajstić information content (AvgIpc) is 2.55. The van der Waals surface area contributed by atoms with Crippen molar-refractivity contribution in [1.82, 2.24) is 0 Å². The van der Waals surface area contributed by atoms with E-state index in [1.165, 1.54) is 6.42 Å². The fraction of sp³-hybridized carbons (Fsp3) is 0.727. The molecule has 4 unspecified atom stereocenters. The molecule has 1 saturated heterocycles. The third-order valence-corrected chi connectivity index (χ3v) is 3.91. The number of fused-ring (bicyclic) bond motifs is 6. The van der Waals surface area contributed by atoms with Crippen molar-refractivity contribution in [3.63, 3.8) is 0 Å². The van der Waals surface area contributed by atoms with E-state index >= 15 is 0 Å². The fourth-order valence-electron chi connectivity index (χ4n) is 3.02. The first kappa shape index (κ1) is 7.74. The van der Waals surface area contributed by atoms with Crippen molar-refractivity contribution in [3.8, 4) is 0 Å². The molecule has 2 heterocycles. The van der Waals surface area contributed by atoms with Crippen LogP contribution in [0.5, 0.6) is 0 Å². The van der Waals surface area contributed by atoms with Gasteiger partial charge in [-0.25, -0.2) is 0 Å². The van der Waals surface area contributed by atoms with E-state index in [1.807, 2.05) is 0 Å². The van der Waals surface area contributed by atoms with Crippen LogP contribution in [-0.4, -0.2) is 18.0 Å². The van der Waals surface area contributed by atoms with E-state index in [4.69, 9.17) is 4.74 Å². The number of carbonyl (C=O) groups excluding carboxylic acids is 1. The van der Waals surface area contributed by atoms with Gasteiger partial charge in [0.05, 0.1) is 17.6 Å². The lowest BCUT2D eigenvalue weighted by molar-refractivity contribution is -0.164. The first-order valence-corrected chi connectivity index (χ1v) is 5.10. The van der Waals surface area contributed by atoms with Gasteiger partial charge < -0.3 is 4.74 Å². The lowest BCUT2D eigenvalue weighted by atomic mass is 9.65. The largest absolute Gasteiger partial charge is 0.365 e. The summed E-state index contributed by atoms with van der Waals surface area (Å²) in [5.74, 6) is 0.610. The number of Topliss-reactive ketones (excluding diaryl/α,β-unsaturated/α-hetero) is 1. The van der Waals surface area contributed by atoms with Crippen LogP contribution in [0.1, 0.15) is 26.2 Å². The number of carbonyl (C=O) groups is 1. The zero-order valence-corrected chi connectivity index (χ0v) is 7.82. The van der Waals surface area contributed by atoms with E-state index in [0.29, 0.717) is 5.78 Å². The van der Waals surface area contributed by atoms with Crippen LogP contribution in [0.2, 0.25) is 0 Å². The maximum absolute atomic E-state index is 12.1. The smallest absolute Gasteiger partial charge is 0.147 e. The second kappa shape index (κ2) is 2.24. The Morgan fingerprint density at radius 2 is 2.38 bits per heavy atom. The molecule has 3 aliphatic rings. The highest BCUT2D eigenvalue weighted by Gasteiger charge is 2.55. The molecular weight excluding hydrogens is 164 g/mol. The highest BCUT2D eigenvalue weighted by atomic mass is 16.5. The zero-order chi connectivity index (χ0) is 9.05. The van der Waals surface area contributed by atoms with Crippen molar-refractivity contribution >= 4 is 5.78 Å². The Balaban J connectivity index is 2.09. The minimum Gasteiger partial charge on any atom is -0.365 e. The summed E-state index contributed by atoms with van der Waals surface area (Å²) in [6, 6.07) is 0. The molecule has 0 radical (unpaired) electrons. The summed E-state index contributed by atoms with van der Waals surface area (Å²) in [4.78, 5) is 12.1. The monoisotopic (exact) mass is 178 g/mol. The van der Waals surface area contributed by atoms with Gasteiger partial charge in [-0.2, -0.15) is 0 Å². The molecule has 2 nitrogen and oxygen atoms in total. The molecule has 70 valence electrons. The Bertz CT molecular complexity index is 294. The van der Waals surface area contributed by atoms with Gasteiger partial charge in [-0.15, -0.1) is 0 Å². The highest BCUT2D eigenvalue weighted by Crippen LogP contribution is 2.49. The molecule has 2 fully saturated rings. The summed E-state index contributed by atoms with van der Waals surface area (Å²) < 4.78 is 5.81. The highest BCUT2D eigenvalue weighted by molar-refractivity contribution is 5.90. The number of hydrogen-bond donors (Lipinski definition) is 0. The fourth-order valence-corrected chi connectivity index (χ4v) is 3.02. The van der Waals surface area contributed by atoms with Crippen LogP contribution in [-0.2, 0) is 9.53 Å². The molecule has 0 aromatic carbocycles. The van der Waals surface area contributed by atoms with Gasteiger partial charge in [0.1, 0.15) is 5.78 Å². The van der Waals surface area contributed by atoms with Gasteiger partial charge in [-0.3, -0.25) is 4.79 Å². The Labute approximate surface area is 78.0 Å². The summed E-state index contributed by atoms with van der Waals surface area (Å²) in [6.45, 7) is 2.07. The molecule has 4 bridgehead atoms. The maximum Gasteiger partial charge on any atom is 0.147 e. The Hall–Kier alpha value is -0.630. The van der Waals surface area contributed by atoms with E-state index in [2.05, 4.69) is 19.1 Å². The molecule has 0 aromatic rings. The number of ether oxygens (including phenoxy) is 1. The molecule has 4 atom stereocenters. The van der Waals surface area contributed by atoms with Crippen LogP contribution in [0.4, 0.5) is 0 Å². The number of ketones is 1. The van der Waals surface area contributed by atoms with E-state index in [0.717, 1.165) is 12.8 Å². The van der Waals surface area contributed by atoms with Gasteiger partial charge in [-0.05, 0) is 19.8 Å². The van der Waals surface area contributed by atoms with Crippen LogP contribution < -0.4 is 0 Å². The molecule has 1 saturated carbocycles. The topological polar surface area (TPSA) is 26.3 Å². The van der Waals surface area contributed by atoms with Crippen molar-refractivity contribution in [3.05, 3.63) is 12.2 Å². The third kappa shape index (κ3) is 0.798. The van der Waals surface area contributed by atoms with Crippen molar-refractivity contribution in [2.24, 2.45) is 11.3 Å². The SMILES string of the molecule is CC12CCCC(C1=O)C1C=CC2O1. The van der Waals surface area contributed by atoms with Crippen molar-refractivity contribution in [2.75, 3.05) is 0 Å². The van der Waals surface area contributed by atoms with E-state index in [1.54, 1.807) is 0 Å². The first-order chi connectivity index (χ1) is 6.22. The van der Waals surface area contributed by atoms with Crippen molar-refractivity contribution < 1.29 is 9.53 Å². The van der Waals surface area contributed by atoms with Crippen LogP contribution >= 0.6 is 0 Å². The summed E-state index contributed by atoms with van der Waals surface area (Å²) in [5, 5.41) is 0. The third-order valence-electron chi connectivity index (χ3n) is 3.91. The Morgan fingerprint density at radius 1 is 1.54 bits per heavy atom. The van der Waals surface area contributed by atoms with Crippen molar-refractivity contribution in [1.29, 1.82) is 0 Å². The normalized spacial score (nSPS) is 52.7.